The molecule has 5 nitrogen and oxygen atoms in total. The Bertz CT molecular complexity index is 1070. The van der Waals surface area contributed by atoms with Gasteiger partial charge in [0.15, 0.2) is 11.9 Å². The van der Waals surface area contributed by atoms with E-state index in [4.69, 9.17) is 0 Å². The van der Waals surface area contributed by atoms with Gasteiger partial charge in [-0.05, 0) is 23.8 Å². The van der Waals surface area contributed by atoms with Gasteiger partial charge >= 0.3 is 0 Å². The summed E-state index contributed by atoms with van der Waals surface area (Å²) in [5.41, 5.74) is 6.04. The van der Waals surface area contributed by atoms with Crippen LogP contribution in [-0.2, 0) is 0 Å². The highest BCUT2D eigenvalue weighted by Gasteiger charge is 2.14. The predicted molar refractivity (Wildman–Crippen MR) is 98.8 cm³/mol. The maximum absolute atomic E-state index is 11.4. The molecule has 5 heteroatoms. The third kappa shape index (κ3) is 2.55. The largest absolute Gasteiger partial charge is 0.388 e. The predicted octanol–water partition coefficient (Wildman–Crippen LogP) is 3.92. The monoisotopic (exact) mass is 328 g/mol. The van der Waals surface area contributed by atoms with Gasteiger partial charge in [-0.15, -0.1) is 0 Å². The highest BCUT2D eigenvalue weighted by Crippen LogP contribution is 2.29. The molecule has 0 amide bonds. The van der Waals surface area contributed by atoms with Crippen LogP contribution in [0.4, 0.5) is 5.69 Å². The number of rotatable bonds is 4. The van der Waals surface area contributed by atoms with Crippen LogP contribution in [-0.4, -0.2) is 27.9 Å². The van der Waals surface area contributed by atoms with E-state index < -0.39 is 0 Å². The molecule has 0 saturated heterocycles. The van der Waals surface area contributed by atoms with Gasteiger partial charge < -0.3 is 5.32 Å². The normalized spacial score (nSPS) is 10.8. The van der Waals surface area contributed by atoms with Gasteiger partial charge in [-0.3, -0.25) is 4.79 Å². The Morgan fingerprint density at radius 3 is 2.76 bits per heavy atom. The summed E-state index contributed by atoms with van der Waals surface area (Å²) >= 11 is 0. The molecule has 25 heavy (non-hydrogen) atoms. The fourth-order valence-electron chi connectivity index (χ4n) is 2.98. The number of fused-ring (bicyclic) bond motifs is 1. The minimum absolute atomic E-state index is 0.627. The smallest absolute Gasteiger partial charge is 0.163 e. The molecule has 0 saturated carbocycles. The lowest BCUT2D eigenvalue weighted by molar-refractivity contribution is 0.112. The summed E-state index contributed by atoms with van der Waals surface area (Å²) in [6, 6.07) is 17.5. The van der Waals surface area contributed by atoms with Crippen molar-refractivity contribution in [3.63, 3.8) is 0 Å². The number of carbonyl (C=O) groups is 1. The van der Waals surface area contributed by atoms with Crippen molar-refractivity contribution in [1.82, 2.24) is 14.6 Å². The molecule has 0 radical (unpaired) electrons. The van der Waals surface area contributed by atoms with Crippen LogP contribution in [0.3, 0.4) is 0 Å². The molecule has 0 aliphatic heterocycles. The Labute approximate surface area is 145 Å². The first-order valence-corrected chi connectivity index (χ1v) is 7.97. The molecule has 2 heterocycles. The third-order valence-corrected chi connectivity index (χ3v) is 4.23. The third-order valence-electron chi connectivity index (χ3n) is 4.23. The molecule has 0 spiro atoms. The van der Waals surface area contributed by atoms with E-state index in [-0.39, 0.29) is 0 Å². The van der Waals surface area contributed by atoms with E-state index in [1.807, 2.05) is 54.0 Å². The van der Waals surface area contributed by atoms with Crippen LogP contribution in [0.5, 0.6) is 0 Å². The molecule has 0 aliphatic carbocycles. The number of nitrogens with one attached hydrogen (secondary N) is 1. The minimum atomic E-state index is 0.627. The van der Waals surface area contributed by atoms with Gasteiger partial charge in [0.1, 0.15) is 0 Å². The highest BCUT2D eigenvalue weighted by molar-refractivity contribution is 5.91. The van der Waals surface area contributed by atoms with Gasteiger partial charge in [0.25, 0.3) is 0 Å². The van der Waals surface area contributed by atoms with E-state index in [9.17, 15) is 4.79 Å². The van der Waals surface area contributed by atoms with Crippen LogP contribution in [0.25, 0.3) is 28.0 Å². The minimum Gasteiger partial charge on any atom is -0.388 e. The first kappa shape index (κ1) is 15.1. The van der Waals surface area contributed by atoms with Crippen LogP contribution >= 0.6 is 0 Å². The maximum Gasteiger partial charge on any atom is 0.163 e. The van der Waals surface area contributed by atoms with Gasteiger partial charge in [-0.1, -0.05) is 36.4 Å². The van der Waals surface area contributed by atoms with Crippen molar-refractivity contribution in [2.75, 3.05) is 12.4 Å². The van der Waals surface area contributed by atoms with Gasteiger partial charge in [-0.2, -0.15) is 5.10 Å². The summed E-state index contributed by atoms with van der Waals surface area (Å²) in [7, 11) is 1.89. The summed E-state index contributed by atoms with van der Waals surface area (Å²) in [5.74, 6) is 0. The van der Waals surface area contributed by atoms with Gasteiger partial charge in [-0.25, -0.2) is 9.50 Å². The Morgan fingerprint density at radius 1 is 1.04 bits per heavy atom. The fraction of sp³-hybridized carbons (Fsp3) is 0.0500. The van der Waals surface area contributed by atoms with Crippen molar-refractivity contribution < 1.29 is 4.79 Å². The van der Waals surface area contributed by atoms with Crippen molar-refractivity contribution in [2.45, 2.75) is 0 Å². The fourth-order valence-corrected chi connectivity index (χ4v) is 2.98. The number of aldehydes is 1. The number of benzene rings is 2. The zero-order valence-corrected chi connectivity index (χ0v) is 13.7. The maximum atomic E-state index is 11.4. The molecule has 122 valence electrons. The number of aromatic nitrogens is 3. The van der Waals surface area contributed by atoms with E-state index in [1.165, 1.54) is 0 Å². The van der Waals surface area contributed by atoms with Crippen molar-refractivity contribution in [3.8, 4) is 22.4 Å². The van der Waals surface area contributed by atoms with Crippen molar-refractivity contribution in [3.05, 3.63) is 72.6 Å². The van der Waals surface area contributed by atoms with E-state index in [0.717, 1.165) is 40.0 Å². The molecule has 0 unspecified atom stereocenters. The van der Waals surface area contributed by atoms with Crippen LogP contribution < -0.4 is 5.32 Å². The second-order valence-corrected chi connectivity index (χ2v) is 5.66. The topological polar surface area (TPSA) is 59.3 Å². The first-order chi connectivity index (χ1) is 12.3. The Kier molecular flexibility index (Phi) is 3.74. The number of nitrogens with zero attached hydrogens (tertiary/aromatic N) is 3. The van der Waals surface area contributed by atoms with E-state index in [0.29, 0.717) is 5.56 Å². The molecular weight excluding hydrogens is 312 g/mol. The van der Waals surface area contributed by atoms with Crippen LogP contribution in [0.1, 0.15) is 10.4 Å². The Morgan fingerprint density at radius 2 is 1.92 bits per heavy atom. The standard InChI is InChI=1S/C20H16N4O/c1-21-16-7-4-6-14(11-16)19-9-10-22-20-18(12-23-24(19)20)17-8-3-2-5-15(17)13-25/h2-13,21H,1H3. The van der Waals surface area contributed by atoms with Crippen LogP contribution in [0.2, 0.25) is 0 Å². The van der Waals surface area contributed by atoms with Crippen molar-refractivity contribution >= 4 is 17.6 Å². The summed E-state index contributed by atoms with van der Waals surface area (Å²) in [5, 5.41) is 7.67. The average molecular weight is 328 g/mol. The Balaban J connectivity index is 1.93. The van der Waals surface area contributed by atoms with Crippen LogP contribution in [0.15, 0.2) is 67.0 Å². The zero-order valence-electron chi connectivity index (χ0n) is 13.7. The number of carbonyl (C=O) groups excluding carboxylic acids is 1. The summed E-state index contributed by atoms with van der Waals surface area (Å²) in [6.45, 7) is 0. The quantitative estimate of drug-likeness (QED) is 0.577. The molecule has 0 aliphatic rings. The lowest BCUT2D eigenvalue weighted by Crippen LogP contribution is -1.97. The Hall–Kier alpha value is -3.47. The van der Waals surface area contributed by atoms with E-state index in [1.54, 1.807) is 18.5 Å². The van der Waals surface area contributed by atoms with Gasteiger partial charge in [0.05, 0.1) is 11.9 Å². The first-order valence-electron chi connectivity index (χ1n) is 7.97. The number of hydrogen-bond acceptors (Lipinski definition) is 4. The molecule has 0 bridgehead atoms. The van der Waals surface area contributed by atoms with Gasteiger partial charge in [0.2, 0.25) is 0 Å². The molecule has 0 fully saturated rings. The van der Waals surface area contributed by atoms with Crippen molar-refractivity contribution in [2.24, 2.45) is 0 Å². The summed E-state index contributed by atoms with van der Waals surface area (Å²) in [4.78, 5) is 15.9. The van der Waals surface area contributed by atoms with E-state index >= 15 is 0 Å². The zero-order chi connectivity index (χ0) is 17.2. The lowest BCUT2D eigenvalue weighted by Gasteiger charge is -2.08. The molecule has 0 atom stereocenters. The molecule has 4 rings (SSSR count). The molecule has 1 N–H and O–H groups in total. The SMILES string of the molecule is CNc1cccc(-c2ccnc3c(-c4ccccc4C=O)cnn23)c1. The average Bonchev–Trinajstić information content (AvgIpc) is 3.12. The number of anilines is 1. The number of hydrogen-bond donors (Lipinski definition) is 1. The molecule has 2 aromatic carbocycles. The molecule has 4 aromatic rings. The molecule has 2 aromatic heterocycles. The molecular formula is C20H16N4O. The lowest BCUT2D eigenvalue weighted by atomic mass is 10.0. The van der Waals surface area contributed by atoms with Gasteiger partial charge in [0, 0.05) is 35.6 Å². The van der Waals surface area contributed by atoms with E-state index in [2.05, 4.69) is 21.5 Å². The second kappa shape index (κ2) is 6.20. The van der Waals surface area contributed by atoms with Crippen LogP contribution in [0, 0.1) is 0 Å². The second-order valence-electron chi connectivity index (χ2n) is 5.66. The van der Waals surface area contributed by atoms with Crippen molar-refractivity contribution in [1.29, 1.82) is 0 Å². The highest BCUT2D eigenvalue weighted by atomic mass is 16.1. The summed E-state index contributed by atoms with van der Waals surface area (Å²) in [6.07, 6.45) is 4.39. The summed E-state index contributed by atoms with van der Waals surface area (Å²) < 4.78 is 1.81.